The maximum Gasteiger partial charge on any atom is 0.270 e. The third-order valence-electron chi connectivity index (χ3n) is 3.21. The highest BCUT2D eigenvalue weighted by atomic mass is 32.2. The molecular weight excluding hydrogens is 353 g/mol. The van der Waals surface area contributed by atoms with Crippen molar-refractivity contribution in [3.05, 3.63) is 64.5 Å². The van der Waals surface area contributed by atoms with Crippen molar-refractivity contribution in [3.63, 3.8) is 0 Å². The lowest BCUT2D eigenvalue weighted by Gasteiger charge is -2.16. The van der Waals surface area contributed by atoms with Crippen LogP contribution in [0.25, 0.3) is 0 Å². The second-order valence-electron chi connectivity index (χ2n) is 5.07. The van der Waals surface area contributed by atoms with Crippen molar-refractivity contribution in [2.24, 2.45) is 0 Å². The number of nitrogens with zero attached hydrogens (tertiary/aromatic N) is 2. The van der Waals surface area contributed by atoms with Crippen molar-refractivity contribution >= 4 is 27.3 Å². The first-order chi connectivity index (χ1) is 11.7. The summed E-state index contributed by atoms with van der Waals surface area (Å²) in [5.74, 6) is -1.22. The molecular formula is C15H14FN3O5S. The number of nitrogens with one attached hydrogen (secondary N) is 1. The monoisotopic (exact) mass is 367 g/mol. The summed E-state index contributed by atoms with van der Waals surface area (Å²) in [6.07, 6.45) is 0. The molecule has 0 saturated heterocycles. The molecule has 2 rings (SSSR count). The van der Waals surface area contributed by atoms with Gasteiger partial charge in [0.15, 0.2) is 0 Å². The minimum Gasteiger partial charge on any atom is -0.325 e. The van der Waals surface area contributed by atoms with Crippen LogP contribution in [0.2, 0.25) is 0 Å². The topological polar surface area (TPSA) is 110 Å². The van der Waals surface area contributed by atoms with Gasteiger partial charge in [-0.05, 0) is 24.3 Å². The van der Waals surface area contributed by atoms with E-state index in [4.69, 9.17) is 0 Å². The summed E-state index contributed by atoms with van der Waals surface area (Å²) < 4.78 is 38.7. The zero-order chi connectivity index (χ0) is 18.6. The molecule has 0 unspecified atom stereocenters. The van der Waals surface area contributed by atoms with Crippen LogP contribution in [-0.2, 0) is 14.8 Å². The van der Waals surface area contributed by atoms with Gasteiger partial charge in [-0.15, -0.1) is 0 Å². The van der Waals surface area contributed by atoms with E-state index in [0.29, 0.717) is 0 Å². The van der Waals surface area contributed by atoms with Crippen LogP contribution in [0.3, 0.4) is 0 Å². The van der Waals surface area contributed by atoms with E-state index in [9.17, 15) is 27.7 Å². The minimum atomic E-state index is -4.10. The molecule has 0 bridgehead atoms. The number of rotatable bonds is 6. The molecule has 0 aromatic heterocycles. The number of benzene rings is 2. The third kappa shape index (κ3) is 4.58. The maximum absolute atomic E-state index is 13.1. The van der Waals surface area contributed by atoms with Gasteiger partial charge in [-0.25, -0.2) is 12.8 Å². The van der Waals surface area contributed by atoms with E-state index in [1.807, 2.05) is 0 Å². The Balaban J connectivity index is 2.13. The van der Waals surface area contributed by atoms with E-state index in [2.05, 4.69) is 5.32 Å². The summed E-state index contributed by atoms with van der Waals surface area (Å²) in [7, 11) is -2.93. The Kier molecular flexibility index (Phi) is 5.45. The molecule has 0 aliphatic rings. The van der Waals surface area contributed by atoms with Crippen LogP contribution < -0.4 is 5.32 Å². The Morgan fingerprint density at radius 3 is 2.56 bits per heavy atom. The van der Waals surface area contributed by atoms with Crippen LogP contribution in [0.5, 0.6) is 0 Å². The predicted octanol–water partition coefficient (Wildman–Crippen LogP) is 1.99. The molecule has 1 amide bonds. The summed E-state index contributed by atoms with van der Waals surface area (Å²) in [5.41, 5.74) is -0.190. The number of likely N-dealkylation sites (N-methyl/N-ethyl adjacent to an activating group) is 1. The van der Waals surface area contributed by atoms with Gasteiger partial charge in [0.05, 0.1) is 16.4 Å². The molecule has 8 nitrogen and oxygen atoms in total. The van der Waals surface area contributed by atoms with Gasteiger partial charge in [0.1, 0.15) is 5.82 Å². The summed E-state index contributed by atoms with van der Waals surface area (Å²) in [5, 5.41) is 13.1. The summed E-state index contributed by atoms with van der Waals surface area (Å²) >= 11 is 0. The van der Waals surface area contributed by atoms with Crippen LogP contribution in [0, 0.1) is 15.9 Å². The van der Waals surface area contributed by atoms with Crippen molar-refractivity contribution in [3.8, 4) is 0 Å². The van der Waals surface area contributed by atoms with Gasteiger partial charge in [0.2, 0.25) is 15.9 Å². The van der Waals surface area contributed by atoms with Gasteiger partial charge in [0, 0.05) is 24.9 Å². The highest BCUT2D eigenvalue weighted by molar-refractivity contribution is 7.89. The van der Waals surface area contributed by atoms with Gasteiger partial charge in [-0.2, -0.15) is 4.31 Å². The van der Waals surface area contributed by atoms with Crippen molar-refractivity contribution in [1.82, 2.24) is 4.31 Å². The Morgan fingerprint density at radius 1 is 1.24 bits per heavy atom. The van der Waals surface area contributed by atoms with Crippen molar-refractivity contribution in [1.29, 1.82) is 0 Å². The second-order valence-corrected chi connectivity index (χ2v) is 7.12. The molecule has 1 N–H and O–H groups in total. The molecule has 2 aromatic carbocycles. The number of anilines is 1. The van der Waals surface area contributed by atoms with Crippen LogP contribution in [0.1, 0.15) is 0 Å². The molecule has 0 radical (unpaired) electrons. The molecule has 2 aromatic rings. The van der Waals surface area contributed by atoms with Crippen LogP contribution >= 0.6 is 0 Å². The van der Waals surface area contributed by atoms with Crippen LogP contribution in [-0.4, -0.2) is 37.1 Å². The van der Waals surface area contributed by atoms with Gasteiger partial charge in [-0.3, -0.25) is 14.9 Å². The Labute approximate surface area is 143 Å². The zero-order valence-electron chi connectivity index (χ0n) is 13.0. The number of carbonyl (C=O) groups is 1. The highest BCUT2D eigenvalue weighted by Gasteiger charge is 2.24. The first-order valence-corrected chi connectivity index (χ1v) is 8.40. The van der Waals surface area contributed by atoms with E-state index in [-0.39, 0.29) is 16.3 Å². The first-order valence-electron chi connectivity index (χ1n) is 6.96. The number of non-ortho nitro benzene ring substituents is 1. The Bertz CT molecular complexity index is 917. The van der Waals surface area contributed by atoms with E-state index < -0.39 is 33.2 Å². The van der Waals surface area contributed by atoms with Gasteiger partial charge < -0.3 is 5.32 Å². The Hall–Kier alpha value is -2.85. The zero-order valence-corrected chi connectivity index (χ0v) is 13.9. The lowest BCUT2D eigenvalue weighted by Crippen LogP contribution is -2.35. The van der Waals surface area contributed by atoms with Crippen LogP contribution in [0.15, 0.2) is 53.4 Å². The molecule has 10 heteroatoms. The molecule has 132 valence electrons. The number of nitro groups is 1. The van der Waals surface area contributed by atoms with E-state index >= 15 is 0 Å². The fraction of sp³-hybridized carbons (Fsp3) is 0.133. The molecule has 0 heterocycles. The fourth-order valence-electron chi connectivity index (χ4n) is 1.99. The average Bonchev–Trinajstić information content (AvgIpc) is 2.54. The first kappa shape index (κ1) is 18.5. The number of halogens is 1. The standard InChI is InChI=1S/C15H14FN3O5S/c1-18(10-15(20)17-12-5-2-4-11(16)8-12)25(23,24)14-7-3-6-13(9-14)19(21)22/h2-9H,10H2,1H3,(H,17,20). The molecule has 25 heavy (non-hydrogen) atoms. The third-order valence-corrected chi connectivity index (χ3v) is 5.01. The minimum absolute atomic E-state index is 0.186. The van der Waals surface area contributed by atoms with Crippen molar-refractivity contribution in [2.75, 3.05) is 18.9 Å². The van der Waals surface area contributed by atoms with Gasteiger partial charge in [-0.1, -0.05) is 12.1 Å². The van der Waals surface area contributed by atoms with E-state index in [0.717, 1.165) is 22.5 Å². The normalized spacial score (nSPS) is 11.3. The summed E-state index contributed by atoms with van der Waals surface area (Å²) in [6.45, 7) is -0.540. The molecule has 0 atom stereocenters. The molecule has 0 aliphatic heterocycles. The summed E-state index contributed by atoms with van der Waals surface area (Å²) in [6, 6.07) is 9.66. The number of hydrogen-bond donors (Lipinski definition) is 1. The smallest absolute Gasteiger partial charge is 0.270 e. The number of nitro benzene ring substituents is 1. The average molecular weight is 367 g/mol. The predicted molar refractivity (Wildman–Crippen MR) is 87.9 cm³/mol. The Morgan fingerprint density at radius 2 is 1.92 bits per heavy atom. The molecule has 0 saturated carbocycles. The largest absolute Gasteiger partial charge is 0.325 e. The lowest BCUT2D eigenvalue weighted by atomic mass is 10.3. The fourth-order valence-corrected chi connectivity index (χ4v) is 3.16. The second kappa shape index (κ2) is 7.36. The highest BCUT2D eigenvalue weighted by Crippen LogP contribution is 2.20. The molecule has 0 spiro atoms. The number of amides is 1. The van der Waals surface area contributed by atoms with E-state index in [1.54, 1.807) is 0 Å². The van der Waals surface area contributed by atoms with Crippen molar-refractivity contribution in [2.45, 2.75) is 4.90 Å². The molecule has 0 fully saturated rings. The van der Waals surface area contributed by atoms with Crippen molar-refractivity contribution < 1.29 is 22.5 Å². The lowest BCUT2D eigenvalue weighted by molar-refractivity contribution is -0.385. The molecule has 0 aliphatic carbocycles. The van der Waals surface area contributed by atoms with Gasteiger partial charge >= 0.3 is 0 Å². The quantitative estimate of drug-likeness (QED) is 0.620. The van der Waals surface area contributed by atoms with E-state index in [1.165, 1.54) is 37.4 Å². The number of hydrogen-bond acceptors (Lipinski definition) is 5. The number of carbonyl (C=O) groups excluding carboxylic acids is 1. The maximum atomic E-state index is 13.1. The summed E-state index contributed by atoms with van der Waals surface area (Å²) in [4.78, 5) is 21.7. The van der Waals surface area contributed by atoms with Crippen LogP contribution in [0.4, 0.5) is 15.8 Å². The number of sulfonamides is 1. The van der Waals surface area contributed by atoms with Gasteiger partial charge in [0.25, 0.3) is 5.69 Å². The SMILES string of the molecule is CN(CC(=O)Nc1cccc(F)c1)S(=O)(=O)c1cccc([N+](=O)[O-])c1.